The molecule has 1 aromatic carbocycles. The number of hydrogen-bond acceptors (Lipinski definition) is 2. The Kier molecular flexibility index (Phi) is 5.23. The lowest BCUT2D eigenvalue weighted by molar-refractivity contribution is -0.115. The molecule has 0 aliphatic carbocycles. The number of urea groups is 1. The fourth-order valence-corrected chi connectivity index (χ4v) is 1.27. The van der Waals surface area contributed by atoms with E-state index in [-0.39, 0.29) is 12.6 Å². The second-order valence-electron chi connectivity index (χ2n) is 4.13. The van der Waals surface area contributed by atoms with Gasteiger partial charge in [0.2, 0.25) is 5.91 Å². The highest BCUT2D eigenvalue weighted by Gasteiger charge is 2.12. The van der Waals surface area contributed by atoms with Gasteiger partial charge in [0.15, 0.2) is 0 Å². The van der Waals surface area contributed by atoms with Crippen LogP contribution in [0.5, 0.6) is 0 Å². The number of carbonyl (C=O) groups excluding carboxylic acids is 2. The quantitative estimate of drug-likeness (QED) is 0.778. The third kappa shape index (κ3) is 4.90. The van der Waals surface area contributed by atoms with Gasteiger partial charge < -0.3 is 16.0 Å². The Hall–Kier alpha value is -2.18. The topological polar surface area (TPSA) is 70.2 Å². The number of carbonyl (C=O) groups is 2. The molecule has 0 spiro atoms. The van der Waals surface area contributed by atoms with Gasteiger partial charge in [0.05, 0.1) is 6.54 Å². The van der Waals surface area contributed by atoms with Gasteiger partial charge in [0.1, 0.15) is 17.3 Å². The first-order valence-corrected chi connectivity index (χ1v) is 5.68. The van der Waals surface area contributed by atoms with Crippen molar-refractivity contribution in [2.75, 3.05) is 11.9 Å². The molecule has 19 heavy (non-hydrogen) atoms. The average Bonchev–Trinajstić information content (AvgIpc) is 2.30. The normalized spacial score (nSPS) is 10.2. The van der Waals surface area contributed by atoms with Gasteiger partial charge in [-0.3, -0.25) is 4.79 Å². The van der Waals surface area contributed by atoms with Crippen LogP contribution in [0.4, 0.5) is 19.3 Å². The van der Waals surface area contributed by atoms with Gasteiger partial charge in [0, 0.05) is 6.04 Å². The van der Waals surface area contributed by atoms with Crippen molar-refractivity contribution >= 4 is 17.6 Å². The second-order valence-corrected chi connectivity index (χ2v) is 4.13. The fraction of sp³-hybridized carbons (Fsp3) is 0.333. The van der Waals surface area contributed by atoms with E-state index in [1.165, 1.54) is 6.07 Å². The summed E-state index contributed by atoms with van der Waals surface area (Å²) in [6, 6.07) is 2.63. The van der Waals surface area contributed by atoms with E-state index >= 15 is 0 Å². The van der Waals surface area contributed by atoms with Gasteiger partial charge in [0.25, 0.3) is 0 Å². The van der Waals surface area contributed by atoms with E-state index in [4.69, 9.17) is 0 Å². The van der Waals surface area contributed by atoms with Crippen LogP contribution in [-0.4, -0.2) is 24.5 Å². The van der Waals surface area contributed by atoms with Crippen molar-refractivity contribution in [1.82, 2.24) is 10.6 Å². The Labute approximate surface area is 109 Å². The van der Waals surface area contributed by atoms with Crippen molar-refractivity contribution in [2.45, 2.75) is 19.9 Å². The number of benzene rings is 1. The van der Waals surface area contributed by atoms with Gasteiger partial charge >= 0.3 is 6.03 Å². The van der Waals surface area contributed by atoms with E-state index in [0.29, 0.717) is 0 Å². The Morgan fingerprint density at radius 1 is 1.21 bits per heavy atom. The Bertz CT molecular complexity index is 458. The Morgan fingerprint density at radius 2 is 1.79 bits per heavy atom. The van der Waals surface area contributed by atoms with E-state index in [2.05, 4.69) is 16.0 Å². The predicted octanol–water partition coefficient (Wildman–Crippen LogP) is 1.61. The van der Waals surface area contributed by atoms with Gasteiger partial charge in [-0.25, -0.2) is 13.6 Å². The van der Waals surface area contributed by atoms with E-state index in [9.17, 15) is 18.4 Å². The molecule has 0 heterocycles. The Morgan fingerprint density at radius 3 is 2.32 bits per heavy atom. The molecule has 5 nitrogen and oxygen atoms in total. The molecule has 0 unspecified atom stereocenters. The standard InChI is InChI=1S/C12H15F2N3O2/c1-7(2)16-12(19)15-6-10(18)17-11-8(13)4-3-5-9(11)14/h3-5,7H,6H2,1-2H3,(H,17,18)(H2,15,16,19). The van der Waals surface area contributed by atoms with Crippen LogP contribution in [0.3, 0.4) is 0 Å². The third-order valence-corrected chi connectivity index (χ3v) is 2.06. The van der Waals surface area contributed by atoms with Crippen LogP contribution in [0.1, 0.15) is 13.8 Å². The summed E-state index contributed by atoms with van der Waals surface area (Å²) in [6.07, 6.45) is 0. The van der Waals surface area contributed by atoms with Gasteiger partial charge in [-0.2, -0.15) is 0 Å². The van der Waals surface area contributed by atoms with Gasteiger partial charge in [-0.05, 0) is 26.0 Å². The first-order chi connectivity index (χ1) is 8.90. The molecule has 3 amide bonds. The van der Waals surface area contributed by atoms with Crippen LogP contribution in [0.25, 0.3) is 0 Å². The minimum absolute atomic E-state index is 0.0768. The number of amides is 3. The summed E-state index contributed by atoms with van der Waals surface area (Å²) >= 11 is 0. The minimum atomic E-state index is -0.875. The molecule has 0 radical (unpaired) electrons. The summed E-state index contributed by atoms with van der Waals surface area (Å²) in [6.45, 7) is 3.13. The summed E-state index contributed by atoms with van der Waals surface area (Å²) in [5, 5.41) is 6.83. The molecule has 0 fully saturated rings. The highest BCUT2D eigenvalue weighted by Crippen LogP contribution is 2.17. The molecular formula is C12H15F2N3O2. The Balaban J connectivity index is 2.50. The summed E-state index contributed by atoms with van der Waals surface area (Å²) in [5.41, 5.74) is -0.529. The minimum Gasteiger partial charge on any atom is -0.336 e. The van der Waals surface area contributed by atoms with Crippen LogP contribution >= 0.6 is 0 Å². The average molecular weight is 271 g/mol. The molecule has 0 saturated heterocycles. The zero-order valence-corrected chi connectivity index (χ0v) is 10.6. The lowest BCUT2D eigenvalue weighted by atomic mass is 10.3. The van der Waals surface area contributed by atoms with Crippen molar-refractivity contribution in [3.8, 4) is 0 Å². The first kappa shape index (κ1) is 14.9. The van der Waals surface area contributed by atoms with Crippen LogP contribution < -0.4 is 16.0 Å². The second kappa shape index (κ2) is 6.67. The van der Waals surface area contributed by atoms with Gasteiger partial charge in [-0.1, -0.05) is 6.07 Å². The number of rotatable bonds is 4. The summed E-state index contributed by atoms with van der Waals surface area (Å²) in [4.78, 5) is 22.6. The smallest absolute Gasteiger partial charge is 0.315 e. The van der Waals surface area contributed by atoms with Crippen LogP contribution in [0, 0.1) is 11.6 Å². The molecule has 7 heteroatoms. The number of para-hydroxylation sites is 1. The molecular weight excluding hydrogens is 256 g/mol. The summed E-state index contributed by atoms with van der Waals surface area (Å²) in [7, 11) is 0. The third-order valence-electron chi connectivity index (χ3n) is 2.06. The molecule has 0 atom stereocenters. The van der Waals surface area contributed by atoms with Crippen molar-refractivity contribution in [1.29, 1.82) is 0 Å². The van der Waals surface area contributed by atoms with Crippen molar-refractivity contribution in [3.05, 3.63) is 29.8 Å². The molecule has 0 aliphatic rings. The van der Waals surface area contributed by atoms with Crippen molar-refractivity contribution in [2.24, 2.45) is 0 Å². The molecule has 0 bridgehead atoms. The van der Waals surface area contributed by atoms with E-state index in [0.717, 1.165) is 12.1 Å². The van der Waals surface area contributed by atoms with Crippen LogP contribution in [0.15, 0.2) is 18.2 Å². The van der Waals surface area contributed by atoms with E-state index in [1.807, 2.05) is 0 Å². The molecule has 0 aliphatic heterocycles. The zero-order chi connectivity index (χ0) is 14.4. The van der Waals surface area contributed by atoms with Crippen molar-refractivity contribution < 1.29 is 18.4 Å². The largest absolute Gasteiger partial charge is 0.336 e. The lowest BCUT2D eigenvalue weighted by Gasteiger charge is -2.11. The maximum Gasteiger partial charge on any atom is 0.315 e. The van der Waals surface area contributed by atoms with Crippen LogP contribution in [-0.2, 0) is 4.79 Å². The maximum atomic E-state index is 13.2. The highest BCUT2D eigenvalue weighted by molar-refractivity contribution is 5.94. The van der Waals surface area contributed by atoms with E-state index in [1.54, 1.807) is 13.8 Å². The summed E-state index contributed by atoms with van der Waals surface area (Å²) < 4.78 is 26.5. The number of hydrogen-bond donors (Lipinski definition) is 3. The maximum absolute atomic E-state index is 13.2. The number of nitrogens with one attached hydrogen (secondary N) is 3. The molecule has 0 aromatic heterocycles. The first-order valence-electron chi connectivity index (χ1n) is 5.68. The molecule has 1 rings (SSSR count). The fourth-order valence-electron chi connectivity index (χ4n) is 1.27. The van der Waals surface area contributed by atoms with Gasteiger partial charge in [-0.15, -0.1) is 0 Å². The number of halogens is 2. The zero-order valence-electron chi connectivity index (χ0n) is 10.6. The lowest BCUT2D eigenvalue weighted by Crippen LogP contribution is -2.42. The molecule has 0 saturated carbocycles. The molecule has 3 N–H and O–H groups in total. The monoisotopic (exact) mass is 271 g/mol. The predicted molar refractivity (Wildman–Crippen MR) is 66.7 cm³/mol. The highest BCUT2D eigenvalue weighted by atomic mass is 19.1. The SMILES string of the molecule is CC(C)NC(=O)NCC(=O)Nc1c(F)cccc1F. The summed E-state index contributed by atoms with van der Waals surface area (Å²) in [5.74, 6) is -2.47. The molecule has 104 valence electrons. The van der Waals surface area contributed by atoms with E-state index < -0.39 is 29.3 Å². The molecule has 1 aromatic rings. The number of anilines is 1. The van der Waals surface area contributed by atoms with Crippen LogP contribution in [0.2, 0.25) is 0 Å². The van der Waals surface area contributed by atoms with Crippen molar-refractivity contribution in [3.63, 3.8) is 0 Å².